The van der Waals surface area contributed by atoms with E-state index >= 15 is 0 Å². The van der Waals surface area contributed by atoms with Crippen molar-refractivity contribution in [3.8, 4) is 11.3 Å². The van der Waals surface area contributed by atoms with Crippen LogP contribution < -0.4 is 4.90 Å². The number of aliphatic imine (C=N–C) groups is 1. The second kappa shape index (κ2) is 12.2. The molecule has 0 saturated carbocycles. The third-order valence-electron chi connectivity index (χ3n) is 7.01. The van der Waals surface area contributed by atoms with E-state index < -0.39 is 11.2 Å². The van der Waals surface area contributed by atoms with Crippen LogP contribution in [0, 0.1) is 5.82 Å². The molecule has 2 aromatic heterocycles. The molecule has 4 rings (SSSR count). The lowest BCUT2D eigenvalue weighted by molar-refractivity contribution is -0.128. The van der Waals surface area contributed by atoms with Gasteiger partial charge in [-0.15, -0.1) is 0 Å². The van der Waals surface area contributed by atoms with E-state index in [4.69, 9.17) is 16.6 Å². The quantitative estimate of drug-likeness (QED) is 0.165. The van der Waals surface area contributed by atoms with Crippen molar-refractivity contribution < 1.29 is 14.0 Å². The number of carbonyl (C=O) groups excluding carboxylic acids is 2. The SMILES string of the molecule is C=CC(=O)N1CCN(/C(=N/C)c2cc(Cl)c(-c3ccccc3F)nc2N(C=O)c2cccnc2C(C)(C)C)C(C)C1. The molecule has 3 aromatic rings. The Labute approximate surface area is 245 Å². The molecule has 1 atom stereocenters. The van der Waals surface area contributed by atoms with E-state index in [1.54, 1.807) is 54.5 Å². The summed E-state index contributed by atoms with van der Waals surface area (Å²) < 4.78 is 14.9. The van der Waals surface area contributed by atoms with Crippen molar-refractivity contribution in [3.63, 3.8) is 0 Å². The molecular weight excluding hydrogens is 543 g/mol. The number of carbonyl (C=O) groups is 2. The van der Waals surface area contributed by atoms with Gasteiger partial charge in [0.15, 0.2) is 5.82 Å². The highest BCUT2D eigenvalue weighted by molar-refractivity contribution is 6.33. The predicted molar refractivity (Wildman–Crippen MR) is 161 cm³/mol. The van der Waals surface area contributed by atoms with Crippen LogP contribution in [0.3, 0.4) is 0 Å². The molecule has 3 heterocycles. The highest BCUT2D eigenvalue weighted by Gasteiger charge is 2.33. The molecule has 0 spiro atoms. The summed E-state index contributed by atoms with van der Waals surface area (Å²) in [6.07, 6.45) is 3.66. The predicted octanol–water partition coefficient (Wildman–Crippen LogP) is 5.62. The molecule has 1 saturated heterocycles. The van der Waals surface area contributed by atoms with E-state index in [0.29, 0.717) is 48.8 Å². The van der Waals surface area contributed by atoms with Gasteiger partial charge >= 0.3 is 0 Å². The zero-order valence-electron chi connectivity index (χ0n) is 23.9. The Morgan fingerprint density at radius 1 is 1.22 bits per heavy atom. The number of amides is 2. The van der Waals surface area contributed by atoms with E-state index in [9.17, 15) is 14.0 Å². The van der Waals surface area contributed by atoms with Crippen LogP contribution >= 0.6 is 11.6 Å². The maximum Gasteiger partial charge on any atom is 0.246 e. The van der Waals surface area contributed by atoms with Gasteiger partial charge < -0.3 is 9.80 Å². The summed E-state index contributed by atoms with van der Waals surface area (Å²) in [6, 6.07) is 11.3. The minimum Gasteiger partial charge on any atom is -0.350 e. The van der Waals surface area contributed by atoms with Gasteiger partial charge in [0.25, 0.3) is 0 Å². The Kier molecular flexibility index (Phi) is 8.87. The standard InChI is InChI=1S/C31H34ClFN6O2/c1-7-26(41)37-15-16-38(20(2)18-37)29(34-6)22-17-23(32)27(21-11-8-9-12-24(21)33)36-30(22)39(19-40)25-13-10-14-35-28(25)31(3,4)5/h7-14,17,19-20H,1,15-16,18H2,2-6H3/b34-29+. The average Bonchev–Trinajstić information content (AvgIpc) is 2.95. The van der Waals surface area contributed by atoms with Gasteiger partial charge in [-0.1, -0.05) is 51.1 Å². The molecule has 0 N–H and O–H groups in total. The van der Waals surface area contributed by atoms with Crippen LogP contribution in [-0.2, 0) is 15.0 Å². The molecule has 1 fully saturated rings. The lowest BCUT2D eigenvalue weighted by Gasteiger charge is -2.41. The Balaban J connectivity index is 1.94. The van der Waals surface area contributed by atoms with Gasteiger partial charge in [0.2, 0.25) is 12.3 Å². The topological polar surface area (TPSA) is 82.0 Å². The third kappa shape index (κ3) is 6.00. The van der Waals surface area contributed by atoms with Crippen molar-refractivity contribution in [2.24, 2.45) is 4.99 Å². The summed E-state index contributed by atoms with van der Waals surface area (Å²) in [6.45, 7) is 13.0. The van der Waals surface area contributed by atoms with Crippen LogP contribution in [0.5, 0.6) is 0 Å². The number of aromatic nitrogens is 2. The number of anilines is 2. The summed E-state index contributed by atoms with van der Waals surface area (Å²) in [5.41, 5.74) is 1.71. The molecule has 1 aromatic carbocycles. The molecule has 10 heteroatoms. The summed E-state index contributed by atoms with van der Waals surface area (Å²) >= 11 is 6.78. The molecule has 0 aliphatic carbocycles. The lowest BCUT2D eigenvalue weighted by Crippen LogP contribution is -2.55. The van der Waals surface area contributed by atoms with Crippen molar-refractivity contribution in [1.29, 1.82) is 0 Å². The van der Waals surface area contributed by atoms with Crippen LogP contribution in [0.1, 0.15) is 39.0 Å². The fourth-order valence-electron chi connectivity index (χ4n) is 5.06. The first-order chi connectivity index (χ1) is 19.5. The number of rotatable bonds is 6. The molecule has 0 radical (unpaired) electrons. The molecule has 41 heavy (non-hydrogen) atoms. The average molecular weight is 577 g/mol. The summed E-state index contributed by atoms with van der Waals surface area (Å²) in [5.74, 6) is 0.153. The monoisotopic (exact) mass is 576 g/mol. The first-order valence-electron chi connectivity index (χ1n) is 13.3. The number of benzene rings is 1. The van der Waals surface area contributed by atoms with Crippen LogP contribution in [0.15, 0.2) is 66.3 Å². The first-order valence-corrected chi connectivity index (χ1v) is 13.7. The van der Waals surface area contributed by atoms with Gasteiger partial charge in [-0.05, 0) is 43.3 Å². The fourth-order valence-corrected chi connectivity index (χ4v) is 5.32. The van der Waals surface area contributed by atoms with Crippen molar-refractivity contribution >= 4 is 41.3 Å². The van der Waals surface area contributed by atoms with Gasteiger partial charge in [0.1, 0.15) is 11.7 Å². The van der Waals surface area contributed by atoms with Gasteiger partial charge in [0.05, 0.1) is 27.7 Å². The zero-order valence-corrected chi connectivity index (χ0v) is 24.7. The number of piperazine rings is 1. The molecular formula is C31H34ClFN6O2. The third-order valence-corrected chi connectivity index (χ3v) is 7.30. The molecule has 2 amide bonds. The summed E-state index contributed by atoms with van der Waals surface area (Å²) in [7, 11) is 1.65. The minimum absolute atomic E-state index is 0.113. The second-order valence-corrected chi connectivity index (χ2v) is 11.3. The molecule has 0 bridgehead atoms. The second-order valence-electron chi connectivity index (χ2n) is 10.8. The maximum atomic E-state index is 14.9. The molecule has 1 aliphatic heterocycles. The van der Waals surface area contributed by atoms with Gasteiger partial charge in [-0.25, -0.2) is 9.37 Å². The molecule has 8 nitrogen and oxygen atoms in total. The van der Waals surface area contributed by atoms with E-state index in [1.807, 2.05) is 27.7 Å². The fraction of sp³-hybridized carbons (Fsp3) is 0.323. The van der Waals surface area contributed by atoms with E-state index in [1.165, 1.54) is 17.0 Å². The smallest absolute Gasteiger partial charge is 0.246 e. The summed E-state index contributed by atoms with van der Waals surface area (Å²) in [5, 5.41) is 0.205. The molecule has 1 aliphatic rings. The highest BCUT2D eigenvalue weighted by atomic mass is 35.5. The van der Waals surface area contributed by atoms with Crippen LogP contribution in [0.25, 0.3) is 11.3 Å². The Morgan fingerprint density at radius 2 is 1.95 bits per heavy atom. The minimum atomic E-state index is -0.490. The van der Waals surface area contributed by atoms with Crippen molar-refractivity contribution in [2.75, 3.05) is 31.6 Å². The molecule has 214 valence electrons. The Morgan fingerprint density at radius 3 is 2.56 bits per heavy atom. The van der Waals surface area contributed by atoms with Crippen molar-refractivity contribution in [2.45, 2.75) is 39.2 Å². The number of amidine groups is 1. The largest absolute Gasteiger partial charge is 0.350 e. The van der Waals surface area contributed by atoms with E-state index in [-0.39, 0.29) is 34.0 Å². The summed E-state index contributed by atoms with van der Waals surface area (Å²) in [4.78, 5) is 44.4. The van der Waals surface area contributed by atoms with Gasteiger partial charge in [-0.2, -0.15) is 0 Å². The lowest BCUT2D eigenvalue weighted by atomic mass is 9.90. The van der Waals surface area contributed by atoms with Gasteiger partial charge in [-0.3, -0.25) is 24.5 Å². The van der Waals surface area contributed by atoms with E-state index in [2.05, 4.69) is 21.5 Å². The zero-order chi connectivity index (χ0) is 29.9. The van der Waals surface area contributed by atoms with Gasteiger partial charge in [0, 0.05) is 49.9 Å². The van der Waals surface area contributed by atoms with Crippen LogP contribution in [0.4, 0.5) is 15.9 Å². The van der Waals surface area contributed by atoms with Crippen molar-refractivity contribution in [3.05, 3.63) is 83.4 Å². The van der Waals surface area contributed by atoms with Crippen molar-refractivity contribution in [1.82, 2.24) is 19.8 Å². The number of nitrogens with zero attached hydrogens (tertiary/aromatic N) is 6. The number of halogens is 2. The number of hydrogen-bond donors (Lipinski definition) is 0. The first kappa shape index (κ1) is 29.9. The Hall–Kier alpha value is -4.11. The van der Waals surface area contributed by atoms with Crippen LogP contribution in [0.2, 0.25) is 5.02 Å². The Bertz CT molecular complexity index is 1500. The highest BCUT2D eigenvalue weighted by Crippen LogP contribution is 2.38. The number of hydrogen-bond acceptors (Lipinski definition) is 5. The normalized spacial score (nSPS) is 16.0. The number of pyridine rings is 2. The maximum absolute atomic E-state index is 14.9. The van der Waals surface area contributed by atoms with E-state index in [0.717, 1.165) is 0 Å². The van der Waals surface area contributed by atoms with Crippen LogP contribution in [-0.4, -0.2) is 70.6 Å². The molecule has 1 unspecified atom stereocenters.